The molecule has 5 aromatic carbocycles. The van der Waals surface area contributed by atoms with E-state index in [1.165, 1.54) is 0 Å². The SMILES string of the molecule is C=Cc1ccccc1/C(=C\C)c1cccc2c1oc1cc3c(cc12)oc1c(-n2c(/C=C\C)c(C=C)c4ccccc42)cccc13. The number of nitrogens with zero attached hydrogens (tertiary/aromatic N) is 1. The van der Waals surface area contributed by atoms with Crippen LogP contribution in [-0.2, 0) is 0 Å². The van der Waals surface area contributed by atoms with E-state index in [9.17, 15) is 0 Å². The lowest BCUT2D eigenvalue weighted by atomic mass is 9.92. The highest BCUT2D eigenvalue weighted by atomic mass is 16.3. The normalized spacial score (nSPS) is 12.4. The smallest absolute Gasteiger partial charge is 0.159 e. The zero-order valence-electron chi connectivity index (χ0n) is 25.3. The van der Waals surface area contributed by atoms with Crippen molar-refractivity contribution in [1.29, 1.82) is 0 Å². The van der Waals surface area contributed by atoms with Crippen LogP contribution in [-0.4, -0.2) is 4.57 Å². The number of furan rings is 2. The Labute approximate surface area is 261 Å². The average molecular weight is 582 g/mol. The fraction of sp³-hybridized carbons (Fsp3) is 0.0476. The first-order valence-corrected chi connectivity index (χ1v) is 15.2. The summed E-state index contributed by atoms with van der Waals surface area (Å²) in [5.41, 5.74) is 12.0. The lowest BCUT2D eigenvalue weighted by Gasteiger charge is -2.11. The molecule has 3 aromatic heterocycles. The van der Waals surface area contributed by atoms with Gasteiger partial charge in [0, 0.05) is 38.1 Å². The van der Waals surface area contributed by atoms with Gasteiger partial charge in [0.1, 0.15) is 16.7 Å². The van der Waals surface area contributed by atoms with Crippen LogP contribution in [0.15, 0.2) is 131 Å². The minimum atomic E-state index is 0.828. The van der Waals surface area contributed by atoms with Gasteiger partial charge in [-0.3, -0.25) is 0 Å². The average Bonchev–Trinajstić information content (AvgIpc) is 3.73. The standard InChI is InChI=1S/C42H31NO2/c1-5-15-36-28(8-4)30-18-11-12-22-37(30)43(36)38-23-14-21-33-35-25-39-34(24-40(35)45-42(33)38)32-20-13-19-31(41(32)44-39)27(7-3)29-17-10-9-16-26(29)6-2/h5-25H,2,4H2,1,3H3/b15-5-,27-7+. The molecule has 0 aliphatic carbocycles. The highest BCUT2D eigenvalue weighted by molar-refractivity contribution is 6.17. The first-order chi connectivity index (χ1) is 22.2. The molecule has 0 saturated heterocycles. The molecule has 0 bridgehead atoms. The van der Waals surface area contributed by atoms with Gasteiger partial charge < -0.3 is 13.4 Å². The van der Waals surface area contributed by atoms with Gasteiger partial charge in [-0.05, 0) is 60.9 Å². The van der Waals surface area contributed by atoms with Crippen LogP contribution < -0.4 is 0 Å². The van der Waals surface area contributed by atoms with Crippen molar-refractivity contribution >= 4 is 78.6 Å². The third kappa shape index (κ3) is 3.91. The second-order valence-electron chi connectivity index (χ2n) is 11.2. The highest BCUT2D eigenvalue weighted by Gasteiger charge is 2.21. The molecule has 3 nitrogen and oxygen atoms in total. The molecule has 8 rings (SSSR count). The van der Waals surface area contributed by atoms with Crippen molar-refractivity contribution < 1.29 is 8.83 Å². The number of hydrogen-bond donors (Lipinski definition) is 0. The Kier molecular flexibility index (Phi) is 6.21. The predicted molar refractivity (Wildman–Crippen MR) is 192 cm³/mol. The topological polar surface area (TPSA) is 31.2 Å². The maximum absolute atomic E-state index is 6.75. The summed E-state index contributed by atoms with van der Waals surface area (Å²) in [6.07, 6.45) is 10.2. The van der Waals surface area contributed by atoms with Crippen molar-refractivity contribution in [2.45, 2.75) is 13.8 Å². The summed E-state index contributed by atoms with van der Waals surface area (Å²) >= 11 is 0. The molecule has 216 valence electrons. The Morgan fingerprint density at radius 1 is 0.644 bits per heavy atom. The molecule has 3 heterocycles. The summed E-state index contributed by atoms with van der Waals surface area (Å²) < 4.78 is 15.7. The number of hydrogen-bond acceptors (Lipinski definition) is 2. The fourth-order valence-electron chi connectivity index (χ4n) is 6.92. The molecule has 0 aliphatic heterocycles. The second-order valence-corrected chi connectivity index (χ2v) is 11.2. The van der Waals surface area contributed by atoms with E-state index < -0.39 is 0 Å². The summed E-state index contributed by atoms with van der Waals surface area (Å²) in [7, 11) is 0. The van der Waals surface area contributed by atoms with Crippen LogP contribution in [0.4, 0.5) is 0 Å². The molecule has 0 saturated carbocycles. The Balaban J connectivity index is 1.37. The van der Waals surface area contributed by atoms with Crippen molar-refractivity contribution in [2.24, 2.45) is 0 Å². The zero-order chi connectivity index (χ0) is 30.7. The number of allylic oxidation sites excluding steroid dienone is 2. The van der Waals surface area contributed by atoms with Crippen LogP contribution in [0, 0.1) is 0 Å². The molecule has 0 atom stereocenters. The van der Waals surface area contributed by atoms with Crippen molar-refractivity contribution in [1.82, 2.24) is 4.57 Å². The molecule has 3 heteroatoms. The van der Waals surface area contributed by atoms with Crippen LogP contribution >= 0.6 is 0 Å². The summed E-state index contributed by atoms with van der Waals surface area (Å²) in [6.45, 7) is 12.3. The summed E-state index contributed by atoms with van der Waals surface area (Å²) in [6, 6.07) is 33.8. The number of rotatable bonds is 6. The van der Waals surface area contributed by atoms with Crippen LogP contribution in [0.1, 0.15) is 41.8 Å². The maximum atomic E-state index is 6.75. The Hall–Kier alpha value is -5.80. The van der Waals surface area contributed by atoms with Gasteiger partial charge >= 0.3 is 0 Å². The largest absolute Gasteiger partial charge is 0.455 e. The van der Waals surface area contributed by atoms with Crippen molar-refractivity contribution in [2.75, 3.05) is 0 Å². The minimum Gasteiger partial charge on any atom is -0.455 e. The molecular formula is C42H31NO2. The predicted octanol–water partition coefficient (Wildman–Crippen LogP) is 12.2. The van der Waals surface area contributed by atoms with Gasteiger partial charge in [-0.2, -0.15) is 0 Å². The molecule has 0 spiro atoms. The third-order valence-corrected chi connectivity index (χ3v) is 8.87. The van der Waals surface area contributed by atoms with Gasteiger partial charge in [-0.1, -0.05) is 110 Å². The second kappa shape index (κ2) is 10.4. The van der Waals surface area contributed by atoms with E-state index >= 15 is 0 Å². The van der Waals surface area contributed by atoms with Gasteiger partial charge in [0.25, 0.3) is 0 Å². The van der Waals surface area contributed by atoms with Gasteiger partial charge in [-0.25, -0.2) is 0 Å². The van der Waals surface area contributed by atoms with Crippen LogP contribution in [0.2, 0.25) is 0 Å². The lowest BCUT2D eigenvalue weighted by Crippen LogP contribution is -1.97. The van der Waals surface area contributed by atoms with Crippen LogP contribution in [0.25, 0.3) is 84.3 Å². The monoisotopic (exact) mass is 581 g/mol. The van der Waals surface area contributed by atoms with E-state index in [-0.39, 0.29) is 0 Å². The maximum Gasteiger partial charge on any atom is 0.159 e. The number of para-hydroxylation sites is 3. The van der Waals surface area contributed by atoms with E-state index in [2.05, 4.69) is 134 Å². The Bertz CT molecular complexity index is 2540. The quantitative estimate of drug-likeness (QED) is 0.196. The van der Waals surface area contributed by atoms with E-state index in [0.717, 1.165) is 94.0 Å². The number of benzene rings is 5. The van der Waals surface area contributed by atoms with E-state index in [1.54, 1.807) is 0 Å². The fourth-order valence-corrected chi connectivity index (χ4v) is 6.92. The molecule has 0 amide bonds. The molecule has 8 aromatic rings. The van der Waals surface area contributed by atoms with E-state index in [1.807, 2.05) is 25.1 Å². The summed E-state index contributed by atoms with van der Waals surface area (Å²) in [5.74, 6) is 0. The third-order valence-electron chi connectivity index (χ3n) is 8.87. The van der Waals surface area contributed by atoms with Crippen molar-refractivity contribution in [3.63, 3.8) is 0 Å². The van der Waals surface area contributed by atoms with Crippen molar-refractivity contribution in [3.8, 4) is 5.69 Å². The molecule has 0 aliphatic rings. The number of fused-ring (bicyclic) bond motifs is 7. The molecule has 45 heavy (non-hydrogen) atoms. The molecule has 0 unspecified atom stereocenters. The highest BCUT2D eigenvalue weighted by Crippen LogP contribution is 2.42. The lowest BCUT2D eigenvalue weighted by molar-refractivity contribution is 0.662. The molecule has 0 fully saturated rings. The number of aromatic nitrogens is 1. The minimum absolute atomic E-state index is 0.828. The Morgan fingerprint density at radius 2 is 1.29 bits per heavy atom. The molecule has 0 N–H and O–H groups in total. The van der Waals surface area contributed by atoms with Crippen molar-refractivity contribution in [3.05, 3.63) is 150 Å². The van der Waals surface area contributed by atoms with Crippen LogP contribution in [0.3, 0.4) is 0 Å². The summed E-state index contributed by atoms with van der Waals surface area (Å²) in [5, 5.41) is 5.31. The van der Waals surface area contributed by atoms with Crippen LogP contribution in [0.5, 0.6) is 0 Å². The summed E-state index contributed by atoms with van der Waals surface area (Å²) in [4.78, 5) is 0. The van der Waals surface area contributed by atoms with Gasteiger partial charge in [0.2, 0.25) is 0 Å². The van der Waals surface area contributed by atoms with Gasteiger partial charge in [0.15, 0.2) is 5.58 Å². The Morgan fingerprint density at radius 3 is 2.02 bits per heavy atom. The van der Waals surface area contributed by atoms with Gasteiger partial charge in [0.05, 0.1) is 16.9 Å². The molecule has 0 radical (unpaired) electrons. The first kappa shape index (κ1) is 26.8. The van der Waals surface area contributed by atoms with Gasteiger partial charge in [-0.15, -0.1) is 0 Å². The van der Waals surface area contributed by atoms with E-state index in [0.29, 0.717) is 0 Å². The van der Waals surface area contributed by atoms with E-state index in [4.69, 9.17) is 8.83 Å². The first-order valence-electron chi connectivity index (χ1n) is 15.2. The zero-order valence-corrected chi connectivity index (χ0v) is 25.3. The molecular weight excluding hydrogens is 550 g/mol.